The van der Waals surface area contributed by atoms with Gasteiger partial charge in [0, 0.05) is 69.6 Å². The molecule has 4 N–H and O–H groups in total. The van der Waals surface area contributed by atoms with Crippen LogP contribution in [0.2, 0.25) is 0 Å². The first-order valence-corrected chi connectivity index (χ1v) is 20.1. The third kappa shape index (κ3) is 8.79. The topological polar surface area (TPSA) is 151 Å². The standard InChI is InChI=1S/C28H28N4O3.C19H20N4O/c1-19-11-12-21-23(17-19)29-26(22-9-5-6-10-24(22)33)30-27(21)31-13-15-32(16-14-31)28(35)25(34)18-20-7-3-2-4-8-20;1-13-6-7-14-16(12-13)21-18(15-4-2-3-5-17(15)24)22-19(14)23-10-8-20-9-11-23/h2-12,17,25,33-34H,13-16,18H2,1H3;2-7,12,20,24H,8-11H2,1H3/t25-;/m0./s1. The Balaban J connectivity index is 0.000000176. The fourth-order valence-electron chi connectivity index (χ4n) is 7.64. The maximum atomic E-state index is 12.9. The maximum absolute atomic E-state index is 12.9. The van der Waals surface area contributed by atoms with E-state index in [0.29, 0.717) is 55.4 Å². The van der Waals surface area contributed by atoms with Gasteiger partial charge in [-0.05, 0) is 79.1 Å². The summed E-state index contributed by atoms with van der Waals surface area (Å²) in [5, 5.41) is 36.4. The molecule has 0 radical (unpaired) electrons. The van der Waals surface area contributed by atoms with Gasteiger partial charge in [0.15, 0.2) is 11.6 Å². The average molecular weight is 789 g/mol. The lowest BCUT2D eigenvalue weighted by atomic mass is 10.1. The molecular weight excluding hydrogens is 741 g/mol. The number of phenolic OH excluding ortho intramolecular Hbond substituents is 2. The van der Waals surface area contributed by atoms with E-state index in [4.69, 9.17) is 19.9 Å². The van der Waals surface area contributed by atoms with Gasteiger partial charge < -0.3 is 35.3 Å². The van der Waals surface area contributed by atoms with Crippen LogP contribution in [0.1, 0.15) is 16.7 Å². The molecule has 12 nitrogen and oxygen atoms in total. The van der Waals surface area contributed by atoms with E-state index in [1.54, 1.807) is 35.2 Å². The summed E-state index contributed by atoms with van der Waals surface area (Å²) >= 11 is 0. The Morgan fingerprint density at radius 3 is 1.59 bits per heavy atom. The molecular formula is C47H48N8O4. The van der Waals surface area contributed by atoms with Gasteiger partial charge >= 0.3 is 0 Å². The lowest BCUT2D eigenvalue weighted by molar-refractivity contribution is -0.140. The molecule has 2 fully saturated rings. The minimum absolute atomic E-state index is 0.133. The summed E-state index contributed by atoms with van der Waals surface area (Å²) in [6, 6.07) is 36.2. The average Bonchev–Trinajstić information content (AvgIpc) is 3.26. The van der Waals surface area contributed by atoms with E-state index in [1.165, 1.54) is 0 Å². The van der Waals surface area contributed by atoms with E-state index in [2.05, 4.69) is 40.2 Å². The molecule has 0 saturated carbocycles. The van der Waals surface area contributed by atoms with Gasteiger partial charge in [0.05, 0.1) is 22.2 Å². The number of aryl methyl sites for hydroxylation is 2. The highest BCUT2D eigenvalue weighted by atomic mass is 16.3. The van der Waals surface area contributed by atoms with Crippen LogP contribution in [0.5, 0.6) is 11.5 Å². The van der Waals surface area contributed by atoms with Crippen molar-refractivity contribution >= 4 is 39.3 Å². The van der Waals surface area contributed by atoms with Crippen molar-refractivity contribution in [2.45, 2.75) is 26.4 Å². The molecule has 59 heavy (non-hydrogen) atoms. The molecule has 2 aliphatic rings. The number of benzene rings is 5. The zero-order valence-electron chi connectivity index (χ0n) is 33.3. The zero-order chi connectivity index (χ0) is 40.9. The van der Waals surface area contributed by atoms with Crippen LogP contribution in [0.3, 0.4) is 0 Å². The Morgan fingerprint density at radius 2 is 1.08 bits per heavy atom. The van der Waals surface area contributed by atoms with Crippen LogP contribution in [-0.2, 0) is 11.2 Å². The molecule has 300 valence electrons. The largest absolute Gasteiger partial charge is 0.507 e. The Kier molecular flexibility index (Phi) is 11.6. The normalized spacial score (nSPS) is 14.9. The lowest BCUT2D eigenvalue weighted by Gasteiger charge is -2.36. The number of aromatic nitrogens is 4. The van der Waals surface area contributed by atoms with Crippen LogP contribution in [0.4, 0.5) is 11.6 Å². The molecule has 12 heteroatoms. The van der Waals surface area contributed by atoms with Crippen molar-refractivity contribution < 1.29 is 20.1 Å². The van der Waals surface area contributed by atoms with Gasteiger partial charge in [-0.25, -0.2) is 19.9 Å². The molecule has 2 saturated heterocycles. The number of amides is 1. The third-order valence-corrected chi connectivity index (χ3v) is 10.8. The summed E-state index contributed by atoms with van der Waals surface area (Å²) in [6.45, 7) is 9.97. The van der Waals surface area contributed by atoms with Crippen molar-refractivity contribution in [3.05, 3.63) is 132 Å². The number of hydrogen-bond acceptors (Lipinski definition) is 11. The van der Waals surface area contributed by atoms with Gasteiger partial charge in [0.2, 0.25) is 0 Å². The van der Waals surface area contributed by atoms with Crippen molar-refractivity contribution in [1.29, 1.82) is 0 Å². The van der Waals surface area contributed by atoms with Gasteiger partial charge in [-0.15, -0.1) is 0 Å². The van der Waals surface area contributed by atoms with Crippen molar-refractivity contribution in [1.82, 2.24) is 30.2 Å². The second-order valence-electron chi connectivity index (χ2n) is 15.1. The van der Waals surface area contributed by atoms with Gasteiger partial charge in [-0.3, -0.25) is 4.79 Å². The molecule has 1 atom stereocenters. The number of phenols is 2. The maximum Gasteiger partial charge on any atom is 0.251 e. The number of piperazine rings is 2. The van der Waals surface area contributed by atoms with Crippen molar-refractivity contribution in [3.63, 3.8) is 0 Å². The van der Waals surface area contributed by atoms with Crippen molar-refractivity contribution in [2.24, 2.45) is 0 Å². The van der Waals surface area contributed by atoms with Crippen LogP contribution >= 0.6 is 0 Å². The van der Waals surface area contributed by atoms with E-state index in [1.807, 2.05) is 73.7 Å². The van der Waals surface area contributed by atoms with Crippen LogP contribution in [-0.4, -0.2) is 105 Å². The number of rotatable bonds is 7. The molecule has 4 heterocycles. The SMILES string of the molecule is Cc1ccc2c(N3CCN(C(=O)[C@@H](O)Cc4ccccc4)CC3)nc(-c3ccccc3O)nc2c1.Cc1ccc2c(N3CCNCC3)nc(-c3ccccc3O)nc2c1. The van der Waals surface area contributed by atoms with Gasteiger partial charge in [-0.2, -0.15) is 0 Å². The highest BCUT2D eigenvalue weighted by Gasteiger charge is 2.28. The van der Waals surface area contributed by atoms with Crippen LogP contribution < -0.4 is 15.1 Å². The second kappa shape index (κ2) is 17.5. The quantitative estimate of drug-likeness (QED) is 0.145. The molecule has 0 spiro atoms. The fourth-order valence-corrected chi connectivity index (χ4v) is 7.64. The molecule has 0 unspecified atom stereocenters. The van der Waals surface area contributed by atoms with Gasteiger partial charge in [0.1, 0.15) is 29.2 Å². The van der Waals surface area contributed by atoms with Gasteiger partial charge in [0.25, 0.3) is 5.91 Å². The molecule has 2 aromatic heterocycles. The fraction of sp³-hybridized carbons (Fsp3) is 0.255. The molecule has 0 bridgehead atoms. The Bertz CT molecular complexity index is 2590. The summed E-state index contributed by atoms with van der Waals surface area (Å²) < 4.78 is 0. The highest BCUT2D eigenvalue weighted by Crippen LogP contribution is 2.34. The monoisotopic (exact) mass is 788 g/mol. The molecule has 5 aromatic carbocycles. The smallest absolute Gasteiger partial charge is 0.251 e. The summed E-state index contributed by atoms with van der Waals surface area (Å²) in [6.07, 6.45) is -0.751. The van der Waals surface area contributed by atoms with Gasteiger partial charge in [-0.1, -0.05) is 66.7 Å². The van der Waals surface area contributed by atoms with Crippen molar-refractivity contribution in [3.8, 4) is 34.3 Å². The number of para-hydroxylation sites is 2. The number of anilines is 2. The number of hydrogen-bond donors (Lipinski definition) is 4. The van der Waals surface area contributed by atoms with Crippen molar-refractivity contribution in [2.75, 3.05) is 62.2 Å². The lowest BCUT2D eigenvalue weighted by Crippen LogP contribution is -2.52. The van der Waals surface area contributed by atoms with Crippen LogP contribution in [0.25, 0.3) is 44.6 Å². The van der Waals surface area contributed by atoms with E-state index in [0.717, 1.165) is 76.3 Å². The number of aliphatic hydroxyl groups excluding tert-OH is 1. The third-order valence-electron chi connectivity index (χ3n) is 10.8. The Labute approximate surface area is 343 Å². The number of carbonyl (C=O) groups is 1. The highest BCUT2D eigenvalue weighted by molar-refractivity contribution is 5.93. The minimum atomic E-state index is -1.06. The number of carbonyl (C=O) groups excluding carboxylic acids is 1. The number of aliphatic hydroxyl groups is 1. The van der Waals surface area contributed by atoms with E-state index in [-0.39, 0.29) is 17.4 Å². The molecule has 0 aliphatic carbocycles. The van der Waals surface area contributed by atoms with Crippen LogP contribution in [0, 0.1) is 13.8 Å². The molecule has 2 aliphatic heterocycles. The summed E-state index contributed by atoms with van der Waals surface area (Å²) in [5.41, 5.74) is 6.16. The molecule has 9 rings (SSSR count). The Morgan fingerprint density at radius 1 is 0.610 bits per heavy atom. The Hall–Kier alpha value is -6.63. The first kappa shape index (κ1) is 39.2. The summed E-state index contributed by atoms with van der Waals surface area (Å²) in [7, 11) is 0. The predicted molar refractivity (Wildman–Crippen MR) is 233 cm³/mol. The summed E-state index contributed by atoms with van der Waals surface area (Å²) in [4.78, 5) is 38.1. The zero-order valence-corrected chi connectivity index (χ0v) is 33.3. The van der Waals surface area contributed by atoms with E-state index in [9.17, 15) is 20.1 Å². The van der Waals surface area contributed by atoms with E-state index < -0.39 is 6.10 Å². The number of fused-ring (bicyclic) bond motifs is 2. The van der Waals surface area contributed by atoms with Crippen LogP contribution in [0.15, 0.2) is 115 Å². The second-order valence-corrected chi connectivity index (χ2v) is 15.1. The summed E-state index contributed by atoms with van der Waals surface area (Å²) in [5.74, 6) is 2.85. The minimum Gasteiger partial charge on any atom is -0.507 e. The number of nitrogens with zero attached hydrogens (tertiary/aromatic N) is 7. The number of aromatic hydroxyl groups is 2. The first-order valence-electron chi connectivity index (χ1n) is 20.1. The number of nitrogens with one attached hydrogen (secondary N) is 1. The predicted octanol–water partition coefficient (Wildman–Crippen LogP) is 6.28. The van der Waals surface area contributed by atoms with E-state index >= 15 is 0 Å². The molecule has 7 aromatic rings. The molecule has 1 amide bonds. The first-order chi connectivity index (χ1) is 28.7.